The van der Waals surface area contributed by atoms with Gasteiger partial charge in [-0.3, -0.25) is 4.79 Å². The zero-order valence-corrected chi connectivity index (χ0v) is 14.3. The first kappa shape index (κ1) is 17.3. The van der Waals surface area contributed by atoms with E-state index in [0.717, 1.165) is 18.4 Å². The molecule has 0 aliphatic heterocycles. The largest absolute Gasteiger partial charge is 0.460 e. The Morgan fingerprint density at radius 2 is 1.57 bits per heavy atom. The minimum atomic E-state index is -0.495. The predicted molar refractivity (Wildman–Crippen MR) is 94.1 cm³/mol. The quantitative estimate of drug-likeness (QED) is 0.645. The summed E-state index contributed by atoms with van der Waals surface area (Å²) in [5.41, 5.74) is 1.82. The molecule has 1 atom stereocenters. The maximum atomic E-state index is 12.5. The van der Waals surface area contributed by atoms with Gasteiger partial charge >= 0.3 is 5.97 Å². The summed E-state index contributed by atoms with van der Waals surface area (Å²) in [6.45, 7) is 6.46. The summed E-state index contributed by atoms with van der Waals surface area (Å²) in [6, 6.07) is 20.2. The van der Waals surface area contributed by atoms with Crippen LogP contribution >= 0.6 is 0 Å². The van der Waals surface area contributed by atoms with Crippen LogP contribution in [0.3, 0.4) is 0 Å². The van der Waals surface area contributed by atoms with E-state index >= 15 is 0 Å². The van der Waals surface area contributed by atoms with Crippen LogP contribution in [0.15, 0.2) is 60.7 Å². The monoisotopic (exact) mass is 310 g/mol. The van der Waals surface area contributed by atoms with Gasteiger partial charge in [-0.15, -0.1) is 0 Å². The fraction of sp³-hybridized carbons (Fsp3) is 0.381. The first-order valence-electron chi connectivity index (χ1n) is 8.29. The van der Waals surface area contributed by atoms with Crippen LogP contribution in [-0.2, 0) is 16.1 Å². The van der Waals surface area contributed by atoms with E-state index in [1.807, 2.05) is 50.2 Å². The number of esters is 1. The van der Waals surface area contributed by atoms with E-state index in [-0.39, 0.29) is 5.97 Å². The standard InChI is InChI=1S/C21H26O2/c1-4-18(19-13-9-6-10-14-19)15-21(2,3)20(22)23-16-17-11-7-5-8-12-17/h5-14,18H,4,15-16H2,1-3H3. The first-order chi connectivity index (χ1) is 11.0. The van der Waals surface area contributed by atoms with Gasteiger partial charge in [0.2, 0.25) is 0 Å². The van der Waals surface area contributed by atoms with Crippen LogP contribution < -0.4 is 0 Å². The number of ether oxygens (including phenoxy) is 1. The van der Waals surface area contributed by atoms with Gasteiger partial charge in [-0.25, -0.2) is 0 Å². The van der Waals surface area contributed by atoms with E-state index in [1.165, 1.54) is 5.56 Å². The number of carbonyl (C=O) groups is 1. The smallest absolute Gasteiger partial charge is 0.311 e. The highest BCUT2D eigenvalue weighted by Gasteiger charge is 2.32. The van der Waals surface area contributed by atoms with Crippen LogP contribution in [0.4, 0.5) is 0 Å². The molecule has 2 heteroatoms. The van der Waals surface area contributed by atoms with Gasteiger partial charge in [0.25, 0.3) is 0 Å². The van der Waals surface area contributed by atoms with Gasteiger partial charge in [0.15, 0.2) is 0 Å². The molecule has 122 valence electrons. The fourth-order valence-electron chi connectivity index (χ4n) is 2.84. The third-order valence-corrected chi connectivity index (χ3v) is 4.29. The Kier molecular flexibility index (Phi) is 5.97. The van der Waals surface area contributed by atoms with Gasteiger partial charge in [-0.05, 0) is 43.7 Å². The van der Waals surface area contributed by atoms with Crippen molar-refractivity contribution in [3.05, 3.63) is 71.8 Å². The van der Waals surface area contributed by atoms with Gasteiger partial charge < -0.3 is 4.74 Å². The molecule has 0 heterocycles. The lowest BCUT2D eigenvalue weighted by Crippen LogP contribution is -2.28. The van der Waals surface area contributed by atoms with E-state index in [1.54, 1.807) is 0 Å². The summed E-state index contributed by atoms with van der Waals surface area (Å²) in [5, 5.41) is 0. The van der Waals surface area contributed by atoms with E-state index < -0.39 is 5.41 Å². The van der Waals surface area contributed by atoms with E-state index in [0.29, 0.717) is 12.5 Å². The summed E-state index contributed by atoms with van der Waals surface area (Å²) in [5.74, 6) is 0.242. The average Bonchev–Trinajstić information content (AvgIpc) is 2.59. The van der Waals surface area contributed by atoms with E-state index in [4.69, 9.17) is 4.74 Å². The molecule has 0 saturated carbocycles. The number of hydrogen-bond donors (Lipinski definition) is 0. The molecule has 2 rings (SSSR count). The molecule has 0 amide bonds. The summed E-state index contributed by atoms with van der Waals surface area (Å²) in [4.78, 5) is 12.5. The lowest BCUT2D eigenvalue weighted by Gasteiger charge is -2.27. The molecule has 2 aromatic carbocycles. The molecular weight excluding hydrogens is 284 g/mol. The molecule has 1 unspecified atom stereocenters. The fourth-order valence-corrected chi connectivity index (χ4v) is 2.84. The minimum absolute atomic E-state index is 0.129. The molecular formula is C21H26O2. The molecule has 0 saturated heterocycles. The molecule has 23 heavy (non-hydrogen) atoms. The van der Waals surface area contributed by atoms with Crippen LogP contribution in [0.5, 0.6) is 0 Å². The normalized spacial score (nSPS) is 12.7. The number of benzene rings is 2. The van der Waals surface area contributed by atoms with Gasteiger partial charge in [0.1, 0.15) is 6.61 Å². The van der Waals surface area contributed by atoms with Crippen molar-refractivity contribution in [1.82, 2.24) is 0 Å². The third kappa shape index (κ3) is 4.95. The Morgan fingerprint density at radius 1 is 1.00 bits per heavy atom. The molecule has 0 aliphatic carbocycles. The second kappa shape index (κ2) is 7.96. The maximum Gasteiger partial charge on any atom is 0.311 e. The minimum Gasteiger partial charge on any atom is -0.460 e. The zero-order chi connectivity index (χ0) is 16.7. The van der Waals surface area contributed by atoms with Gasteiger partial charge in [0.05, 0.1) is 5.41 Å². The molecule has 0 N–H and O–H groups in total. The summed E-state index contributed by atoms with van der Waals surface area (Å²) >= 11 is 0. The number of carbonyl (C=O) groups excluding carboxylic acids is 1. The van der Waals surface area contributed by atoms with E-state index in [9.17, 15) is 4.79 Å². The molecule has 0 bridgehead atoms. The molecule has 0 fully saturated rings. The topological polar surface area (TPSA) is 26.3 Å². The predicted octanol–water partition coefficient (Wildman–Crippen LogP) is 5.34. The van der Waals surface area contributed by atoms with Crippen molar-refractivity contribution in [2.75, 3.05) is 0 Å². The maximum absolute atomic E-state index is 12.5. The third-order valence-electron chi connectivity index (χ3n) is 4.29. The van der Waals surface area contributed by atoms with Crippen LogP contribution in [0.2, 0.25) is 0 Å². The lowest BCUT2D eigenvalue weighted by atomic mass is 9.79. The Bertz CT molecular complexity index is 602. The van der Waals surface area contributed by atoms with Crippen LogP contribution in [-0.4, -0.2) is 5.97 Å². The lowest BCUT2D eigenvalue weighted by molar-refractivity contribution is -0.156. The van der Waals surface area contributed by atoms with Crippen LogP contribution in [0.25, 0.3) is 0 Å². The molecule has 0 aromatic heterocycles. The Balaban J connectivity index is 1.97. The van der Waals surface area contributed by atoms with Crippen molar-refractivity contribution in [3.8, 4) is 0 Å². The van der Waals surface area contributed by atoms with Crippen molar-refractivity contribution in [3.63, 3.8) is 0 Å². The highest BCUT2D eigenvalue weighted by molar-refractivity contribution is 5.76. The average molecular weight is 310 g/mol. The molecule has 0 aliphatic rings. The van der Waals surface area contributed by atoms with E-state index in [2.05, 4.69) is 31.2 Å². The van der Waals surface area contributed by atoms with Gasteiger partial charge in [-0.2, -0.15) is 0 Å². The van der Waals surface area contributed by atoms with Crippen molar-refractivity contribution in [1.29, 1.82) is 0 Å². The Morgan fingerprint density at radius 3 is 2.13 bits per heavy atom. The molecule has 2 aromatic rings. The summed E-state index contributed by atoms with van der Waals surface area (Å²) < 4.78 is 5.54. The first-order valence-corrected chi connectivity index (χ1v) is 8.29. The molecule has 0 spiro atoms. The SMILES string of the molecule is CCC(CC(C)(C)C(=O)OCc1ccccc1)c1ccccc1. The summed E-state index contributed by atoms with van der Waals surface area (Å²) in [7, 11) is 0. The number of rotatable bonds is 7. The van der Waals surface area contributed by atoms with Gasteiger partial charge in [0, 0.05) is 0 Å². The van der Waals surface area contributed by atoms with Crippen molar-refractivity contribution < 1.29 is 9.53 Å². The van der Waals surface area contributed by atoms with Gasteiger partial charge in [-0.1, -0.05) is 67.6 Å². The van der Waals surface area contributed by atoms with Crippen molar-refractivity contribution in [2.45, 2.75) is 46.1 Å². The Hall–Kier alpha value is -2.09. The highest BCUT2D eigenvalue weighted by Crippen LogP contribution is 2.34. The Labute approximate surface area is 139 Å². The van der Waals surface area contributed by atoms with Crippen molar-refractivity contribution >= 4 is 5.97 Å². The molecule has 2 nitrogen and oxygen atoms in total. The van der Waals surface area contributed by atoms with Crippen molar-refractivity contribution in [2.24, 2.45) is 5.41 Å². The molecule has 0 radical (unpaired) electrons. The highest BCUT2D eigenvalue weighted by atomic mass is 16.5. The van der Waals surface area contributed by atoms with Crippen LogP contribution in [0.1, 0.15) is 50.7 Å². The zero-order valence-electron chi connectivity index (χ0n) is 14.3. The van der Waals surface area contributed by atoms with Crippen LogP contribution in [0, 0.1) is 5.41 Å². The number of hydrogen-bond acceptors (Lipinski definition) is 2. The second-order valence-corrected chi connectivity index (χ2v) is 6.67. The second-order valence-electron chi connectivity index (χ2n) is 6.67. The summed E-state index contributed by atoms with van der Waals surface area (Å²) in [6.07, 6.45) is 1.81.